The summed E-state index contributed by atoms with van der Waals surface area (Å²) in [5.74, 6) is -0.139. The molecular formula is C24H22FN. The van der Waals surface area contributed by atoms with Crippen LogP contribution < -0.4 is 15.8 Å². The highest BCUT2D eigenvalue weighted by atomic mass is 19.1. The standard InChI is InChI=1S/C18H15F.C6H7N/c19-14-7-10-16-13(11-14)6-9-17-15-4-2-1-3-12(15)5-8-18(16)17;1-2-4-6-7-5-3-1/h4-5,7-11H,1-3,6H2;1-7H. The predicted octanol–water partition coefficient (Wildman–Crippen LogP) is 4.12. The maximum absolute atomic E-state index is 13.3. The molecular weight excluding hydrogens is 321 g/mol. The molecule has 5 rings (SSSR count). The number of rotatable bonds is 0. The Morgan fingerprint density at radius 2 is 1.58 bits per heavy atom. The van der Waals surface area contributed by atoms with E-state index in [1.807, 2.05) is 42.8 Å². The van der Waals surface area contributed by atoms with Crippen LogP contribution in [0.3, 0.4) is 0 Å². The molecule has 1 heterocycles. The molecule has 0 unspecified atom stereocenters. The van der Waals surface area contributed by atoms with Crippen molar-refractivity contribution in [2.24, 2.45) is 0 Å². The predicted molar refractivity (Wildman–Crippen MR) is 107 cm³/mol. The van der Waals surface area contributed by atoms with Crippen molar-refractivity contribution in [2.45, 2.75) is 25.7 Å². The number of hydrogen-bond donors (Lipinski definition) is 1. The van der Waals surface area contributed by atoms with Crippen molar-refractivity contribution in [1.82, 2.24) is 5.32 Å². The van der Waals surface area contributed by atoms with Crippen molar-refractivity contribution < 1.29 is 4.39 Å². The van der Waals surface area contributed by atoms with E-state index < -0.39 is 0 Å². The van der Waals surface area contributed by atoms with E-state index in [0.717, 1.165) is 12.0 Å². The maximum Gasteiger partial charge on any atom is 0.123 e. The lowest BCUT2D eigenvalue weighted by atomic mass is 9.87. The zero-order valence-corrected chi connectivity index (χ0v) is 14.7. The van der Waals surface area contributed by atoms with Crippen molar-refractivity contribution in [1.29, 1.82) is 0 Å². The van der Waals surface area contributed by atoms with Crippen LogP contribution in [0.25, 0.3) is 23.3 Å². The van der Waals surface area contributed by atoms with Crippen LogP contribution in [0.5, 0.6) is 0 Å². The zero-order valence-electron chi connectivity index (χ0n) is 14.7. The summed E-state index contributed by atoms with van der Waals surface area (Å²) in [6, 6.07) is 9.61. The molecule has 0 atom stereocenters. The molecule has 0 amide bonds. The Bertz CT molecular complexity index is 1010. The van der Waals surface area contributed by atoms with Gasteiger partial charge in [0.2, 0.25) is 0 Å². The second-order valence-electron chi connectivity index (χ2n) is 6.68. The second-order valence-corrected chi connectivity index (χ2v) is 6.68. The van der Waals surface area contributed by atoms with Crippen LogP contribution in [0.4, 0.5) is 4.39 Å². The highest BCUT2D eigenvalue weighted by molar-refractivity contribution is 5.74. The summed E-state index contributed by atoms with van der Waals surface area (Å²) in [6.45, 7) is 0. The average Bonchev–Trinajstić information content (AvgIpc) is 3.01. The first-order valence-electron chi connectivity index (χ1n) is 9.18. The van der Waals surface area contributed by atoms with Gasteiger partial charge in [0.15, 0.2) is 0 Å². The molecule has 26 heavy (non-hydrogen) atoms. The van der Waals surface area contributed by atoms with E-state index in [4.69, 9.17) is 0 Å². The molecule has 0 saturated heterocycles. The van der Waals surface area contributed by atoms with E-state index in [2.05, 4.69) is 29.6 Å². The van der Waals surface area contributed by atoms with Gasteiger partial charge in [0.25, 0.3) is 0 Å². The van der Waals surface area contributed by atoms with Crippen molar-refractivity contribution in [3.8, 4) is 11.1 Å². The van der Waals surface area contributed by atoms with Crippen molar-refractivity contribution >= 4 is 12.2 Å². The van der Waals surface area contributed by atoms with Gasteiger partial charge >= 0.3 is 0 Å². The Labute approximate surface area is 153 Å². The molecule has 2 aromatic carbocycles. The fourth-order valence-corrected chi connectivity index (χ4v) is 3.75. The number of benzene rings is 2. The first kappa shape index (κ1) is 16.6. The number of allylic oxidation sites excluding steroid dienone is 4. The molecule has 1 N–H and O–H groups in total. The van der Waals surface area contributed by atoms with Crippen LogP contribution in [0.1, 0.15) is 24.0 Å². The molecule has 130 valence electrons. The molecule has 0 saturated carbocycles. The topological polar surface area (TPSA) is 12.0 Å². The summed E-state index contributed by atoms with van der Waals surface area (Å²) in [5.41, 5.74) is 5.02. The van der Waals surface area contributed by atoms with E-state index in [9.17, 15) is 4.39 Å². The molecule has 1 aliphatic heterocycles. The van der Waals surface area contributed by atoms with Gasteiger partial charge in [-0.3, -0.25) is 0 Å². The highest BCUT2D eigenvalue weighted by Gasteiger charge is 2.14. The van der Waals surface area contributed by atoms with Crippen LogP contribution in [0.15, 0.2) is 67.0 Å². The summed E-state index contributed by atoms with van der Waals surface area (Å²) in [7, 11) is 0. The molecule has 3 aliphatic rings. The third-order valence-electron chi connectivity index (χ3n) is 4.98. The summed E-state index contributed by atoms with van der Waals surface area (Å²) < 4.78 is 13.3. The molecule has 2 heteroatoms. The van der Waals surface area contributed by atoms with E-state index >= 15 is 0 Å². The van der Waals surface area contributed by atoms with Gasteiger partial charge in [-0.25, -0.2) is 4.39 Å². The first-order chi connectivity index (χ1) is 12.8. The molecule has 0 radical (unpaired) electrons. The van der Waals surface area contributed by atoms with Crippen LogP contribution >= 0.6 is 0 Å². The zero-order chi connectivity index (χ0) is 17.8. The van der Waals surface area contributed by atoms with Gasteiger partial charge in [-0.05, 0) is 82.7 Å². The molecule has 2 aliphatic carbocycles. The van der Waals surface area contributed by atoms with Crippen molar-refractivity contribution in [3.05, 3.63) is 94.4 Å². The average molecular weight is 343 g/mol. The minimum absolute atomic E-state index is 0.139. The Morgan fingerprint density at radius 1 is 0.769 bits per heavy atom. The van der Waals surface area contributed by atoms with Gasteiger partial charge in [0.1, 0.15) is 5.82 Å². The third-order valence-corrected chi connectivity index (χ3v) is 4.98. The lowest BCUT2D eigenvalue weighted by Crippen LogP contribution is -2.33. The van der Waals surface area contributed by atoms with Gasteiger partial charge in [0, 0.05) is 12.4 Å². The molecule has 2 aromatic rings. The molecule has 0 spiro atoms. The quantitative estimate of drug-likeness (QED) is 0.759. The van der Waals surface area contributed by atoms with Crippen molar-refractivity contribution in [2.75, 3.05) is 0 Å². The van der Waals surface area contributed by atoms with E-state index in [-0.39, 0.29) is 5.82 Å². The Hall–Kier alpha value is -2.87. The Balaban J connectivity index is 0.000000204. The SMILES string of the molecule is C1=CC=CNC=C1.Fc1ccc2c(c1)CC=c1c-2ccc2c1=CCCC2. The van der Waals surface area contributed by atoms with Crippen LogP contribution in [-0.2, 0) is 12.8 Å². The van der Waals surface area contributed by atoms with E-state index in [0.29, 0.717) is 0 Å². The van der Waals surface area contributed by atoms with Crippen LogP contribution in [-0.4, -0.2) is 0 Å². The summed E-state index contributed by atoms with van der Waals surface area (Å²) in [4.78, 5) is 0. The van der Waals surface area contributed by atoms with Crippen LogP contribution in [0.2, 0.25) is 0 Å². The fourth-order valence-electron chi connectivity index (χ4n) is 3.75. The van der Waals surface area contributed by atoms with Gasteiger partial charge in [-0.15, -0.1) is 0 Å². The number of hydrogen-bond acceptors (Lipinski definition) is 1. The van der Waals surface area contributed by atoms with Gasteiger partial charge < -0.3 is 5.32 Å². The lowest BCUT2D eigenvalue weighted by Gasteiger charge is -2.18. The summed E-state index contributed by atoms with van der Waals surface area (Å²) in [6.07, 6.45) is 20.7. The van der Waals surface area contributed by atoms with Crippen LogP contribution in [0, 0.1) is 5.82 Å². The first-order valence-corrected chi connectivity index (χ1v) is 9.18. The number of aryl methyl sites for hydroxylation is 1. The summed E-state index contributed by atoms with van der Waals surface area (Å²) in [5, 5.41) is 5.70. The second kappa shape index (κ2) is 7.57. The van der Waals surface area contributed by atoms with Gasteiger partial charge in [-0.1, -0.05) is 42.5 Å². The number of nitrogens with one attached hydrogen (secondary N) is 1. The number of halogens is 1. The highest BCUT2D eigenvalue weighted by Crippen LogP contribution is 2.25. The van der Waals surface area contributed by atoms with E-state index in [1.54, 1.807) is 12.1 Å². The fraction of sp³-hybridized carbons (Fsp3) is 0.167. The largest absolute Gasteiger partial charge is 0.368 e. The molecule has 0 aromatic heterocycles. The maximum atomic E-state index is 13.3. The van der Waals surface area contributed by atoms with Gasteiger partial charge in [-0.2, -0.15) is 0 Å². The lowest BCUT2D eigenvalue weighted by molar-refractivity contribution is 0.626. The molecule has 0 fully saturated rings. The smallest absolute Gasteiger partial charge is 0.123 e. The molecule has 1 nitrogen and oxygen atoms in total. The summed E-state index contributed by atoms with van der Waals surface area (Å²) >= 11 is 0. The Kier molecular flexibility index (Phi) is 4.83. The Morgan fingerprint density at radius 3 is 2.42 bits per heavy atom. The molecule has 0 bridgehead atoms. The monoisotopic (exact) mass is 343 g/mol. The number of fused-ring (bicyclic) bond motifs is 5. The minimum atomic E-state index is -0.139. The van der Waals surface area contributed by atoms with Gasteiger partial charge in [0.05, 0.1) is 0 Å². The normalized spacial score (nSPS) is 15.7. The van der Waals surface area contributed by atoms with E-state index in [1.165, 1.54) is 46.4 Å². The van der Waals surface area contributed by atoms with Crippen molar-refractivity contribution in [3.63, 3.8) is 0 Å². The third kappa shape index (κ3) is 3.41. The minimum Gasteiger partial charge on any atom is -0.368 e.